The van der Waals surface area contributed by atoms with Gasteiger partial charge < -0.3 is 15.8 Å². The van der Waals surface area contributed by atoms with Crippen LogP contribution in [0.15, 0.2) is 72.8 Å². The smallest absolute Gasteiger partial charge is 0.255 e. The summed E-state index contributed by atoms with van der Waals surface area (Å²) >= 11 is 0. The van der Waals surface area contributed by atoms with Crippen LogP contribution in [0.1, 0.15) is 20.7 Å². The van der Waals surface area contributed by atoms with Gasteiger partial charge in [0.15, 0.2) is 0 Å². The van der Waals surface area contributed by atoms with Crippen LogP contribution in [0.4, 0.5) is 10.1 Å². The average molecular weight is 350 g/mol. The lowest BCUT2D eigenvalue weighted by atomic mass is 10.1. The molecule has 0 saturated heterocycles. The molecule has 3 aromatic rings. The third-order valence-electron chi connectivity index (χ3n) is 3.61. The zero-order valence-electron chi connectivity index (χ0n) is 13.6. The molecule has 3 aromatic carbocycles. The zero-order chi connectivity index (χ0) is 18.5. The van der Waals surface area contributed by atoms with Gasteiger partial charge in [0.2, 0.25) is 0 Å². The fourth-order valence-electron chi connectivity index (χ4n) is 2.31. The number of hydrogen-bond donors (Lipinski definition) is 2. The first kappa shape index (κ1) is 17.2. The normalized spacial score (nSPS) is 10.2. The fraction of sp³-hybridized carbons (Fsp3) is 0. The Morgan fingerprint density at radius 3 is 2.04 bits per heavy atom. The van der Waals surface area contributed by atoms with Crippen LogP contribution in [-0.4, -0.2) is 11.8 Å². The third kappa shape index (κ3) is 4.05. The number of carbonyl (C=O) groups excluding carboxylic acids is 2. The number of nitrogens with two attached hydrogens (primary N) is 1. The molecule has 3 N–H and O–H groups in total. The van der Waals surface area contributed by atoms with Gasteiger partial charge >= 0.3 is 0 Å². The van der Waals surface area contributed by atoms with E-state index in [2.05, 4.69) is 5.32 Å². The molecule has 0 aliphatic carbocycles. The molecule has 2 amide bonds. The van der Waals surface area contributed by atoms with Crippen LogP contribution in [0, 0.1) is 5.82 Å². The number of rotatable bonds is 5. The maximum absolute atomic E-state index is 12.9. The van der Waals surface area contributed by atoms with Crippen LogP contribution >= 0.6 is 0 Å². The molecule has 0 bridgehead atoms. The lowest BCUT2D eigenvalue weighted by Gasteiger charge is -2.10. The van der Waals surface area contributed by atoms with Crippen molar-refractivity contribution in [2.75, 3.05) is 5.32 Å². The second kappa shape index (κ2) is 7.48. The minimum absolute atomic E-state index is 0.233. The van der Waals surface area contributed by atoms with Crippen LogP contribution in [0.2, 0.25) is 0 Å². The molecule has 130 valence electrons. The number of para-hydroxylation sites is 1. The first-order valence-electron chi connectivity index (χ1n) is 7.76. The van der Waals surface area contributed by atoms with Crippen molar-refractivity contribution in [2.24, 2.45) is 5.73 Å². The molecule has 3 rings (SSSR count). The lowest BCUT2D eigenvalue weighted by Crippen LogP contribution is -2.18. The summed E-state index contributed by atoms with van der Waals surface area (Å²) in [5.74, 6) is -0.360. The molecular formula is C20H15FN2O3. The van der Waals surface area contributed by atoms with Gasteiger partial charge in [0.25, 0.3) is 11.8 Å². The van der Waals surface area contributed by atoms with E-state index < -0.39 is 5.91 Å². The maximum Gasteiger partial charge on any atom is 0.255 e. The van der Waals surface area contributed by atoms with Crippen molar-refractivity contribution in [3.63, 3.8) is 0 Å². The molecule has 0 aliphatic heterocycles. The predicted molar refractivity (Wildman–Crippen MR) is 95.8 cm³/mol. The first-order chi connectivity index (χ1) is 12.5. The second-order valence-corrected chi connectivity index (χ2v) is 5.44. The van der Waals surface area contributed by atoms with E-state index in [1.54, 1.807) is 42.5 Å². The summed E-state index contributed by atoms with van der Waals surface area (Å²) in [4.78, 5) is 23.8. The first-order valence-corrected chi connectivity index (χ1v) is 7.76. The molecule has 0 radical (unpaired) electrons. The molecule has 0 spiro atoms. The number of amides is 2. The minimum Gasteiger partial charge on any atom is -0.457 e. The summed E-state index contributed by atoms with van der Waals surface area (Å²) < 4.78 is 18.5. The number of hydrogen-bond acceptors (Lipinski definition) is 3. The Hall–Kier alpha value is -3.67. The van der Waals surface area contributed by atoms with Gasteiger partial charge in [-0.1, -0.05) is 12.1 Å². The van der Waals surface area contributed by atoms with E-state index in [0.29, 0.717) is 22.7 Å². The van der Waals surface area contributed by atoms with E-state index in [4.69, 9.17) is 10.5 Å². The Kier molecular flexibility index (Phi) is 4.94. The van der Waals surface area contributed by atoms with Gasteiger partial charge in [-0.25, -0.2) is 4.39 Å². The molecule has 0 aliphatic rings. The minimum atomic E-state index is -0.621. The van der Waals surface area contributed by atoms with E-state index in [1.165, 1.54) is 30.3 Å². The highest BCUT2D eigenvalue weighted by Gasteiger charge is 2.12. The molecule has 0 fully saturated rings. The maximum atomic E-state index is 12.9. The Balaban J connectivity index is 1.71. The molecule has 0 atom stereocenters. The van der Waals surface area contributed by atoms with Crippen molar-refractivity contribution < 1.29 is 18.7 Å². The number of halogens is 1. The van der Waals surface area contributed by atoms with Gasteiger partial charge in [0, 0.05) is 5.56 Å². The van der Waals surface area contributed by atoms with Gasteiger partial charge in [-0.2, -0.15) is 0 Å². The van der Waals surface area contributed by atoms with Crippen molar-refractivity contribution in [2.45, 2.75) is 0 Å². The van der Waals surface area contributed by atoms with Gasteiger partial charge in [-0.05, 0) is 60.7 Å². The third-order valence-corrected chi connectivity index (χ3v) is 3.61. The standard InChI is InChI=1S/C20H15FN2O3/c21-14-7-11-16(12-8-14)26-15-9-5-13(6-10-15)20(25)23-18-4-2-1-3-17(18)19(22)24/h1-12H,(H2,22,24)(H,23,25). The van der Waals surface area contributed by atoms with E-state index in [9.17, 15) is 14.0 Å². The molecular weight excluding hydrogens is 335 g/mol. The quantitative estimate of drug-likeness (QED) is 0.730. The van der Waals surface area contributed by atoms with E-state index in [-0.39, 0.29) is 17.3 Å². The van der Waals surface area contributed by atoms with Gasteiger partial charge in [-0.3, -0.25) is 9.59 Å². The highest BCUT2D eigenvalue weighted by atomic mass is 19.1. The van der Waals surface area contributed by atoms with Crippen molar-refractivity contribution in [1.29, 1.82) is 0 Å². The summed E-state index contributed by atoms with van der Waals surface area (Å²) in [5.41, 5.74) is 6.26. The molecule has 6 heteroatoms. The molecule has 5 nitrogen and oxygen atoms in total. The largest absolute Gasteiger partial charge is 0.457 e. The predicted octanol–water partition coefficient (Wildman–Crippen LogP) is 3.97. The SMILES string of the molecule is NC(=O)c1ccccc1NC(=O)c1ccc(Oc2ccc(F)cc2)cc1. The van der Waals surface area contributed by atoms with Crippen LogP contribution in [0.25, 0.3) is 0 Å². The number of carbonyl (C=O) groups is 2. The average Bonchev–Trinajstić information content (AvgIpc) is 2.64. The highest BCUT2D eigenvalue weighted by molar-refractivity contribution is 6.08. The zero-order valence-corrected chi connectivity index (χ0v) is 13.6. The molecule has 0 aromatic heterocycles. The topological polar surface area (TPSA) is 81.4 Å². The Morgan fingerprint density at radius 2 is 1.42 bits per heavy atom. The summed E-state index contributed by atoms with van der Waals surface area (Å²) in [6, 6.07) is 18.5. The van der Waals surface area contributed by atoms with Crippen LogP contribution in [-0.2, 0) is 0 Å². The summed E-state index contributed by atoms with van der Waals surface area (Å²) in [5, 5.41) is 2.66. The number of anilines is 1. The summed E-state index contributed by atoms with van der Waals surface area (Å²) in [6.45, 7) is 0. The number of nitrogens with one attached hydrogen (secondary N) is 1. The van der Waals surface area contributed by atoms with Gasteiger partial charge in [0.05, 0.1) is 11.3 Å². The molecule has 26 heavy (non-hydrogen) atoms. The van der Waals surface area contributed by atoms with E-state index in [0.717, 1.165) is 0 Å². The number of primary amides is 1. The Bertz CT molecular complexity index is 938. The second-order valence-electron chi connectivity index (χ2n) is 5.44. The summed E-state index contributed by atoms with van der Waals surface area (Å²) in [6.07, 6.45) is 0. The van der Waals surface area contributed by atoms with Crippen LogP contribution in [0.3, 0.4) is 0 Å². The molecule has 0 saturated carbocycles. The van der Waals surface area contributed by atoms with Gasteiger partial charge in [0.1, 0.15) is 17.3 Å². The van der Waals surface area contributed by atoms with Gasteiger partial charge in [-0.15, -0.1) is 0 Å². The molecule has 0 unspecified atom stereocenters. The fourth-order valence-corrected chi connectivity index (χ4v) is 2.31. The van der Waals surface area contributed by atoms with Crippen molar-refractivity contribution in [3.8, 4) is 11.5 Å². The lowest BCUT2D eigenvalue weighted by molar-refractivity contribution is 0.100. The van der Waals surface area contributed by atoms with Crippen LogP contribution in [0.5, 0.6) is 11.5 Å². The summed E-state index contributed by atoms with van der Waals surface area (Å²) in [7, 11) is 0. The van der Waals surface area contributed by atoms with Crippen molar-refractivity contribution in [3.05, 3.63) is 89.7 Å². The van der Waals surface area contributed by atoms with Crippen LogP contribution < -0.4 is 15.8 Å². The highest BCUT2D eigenvalue weighted by Crippen LogP contribution is 2.22. The Labute approximate surface area is 149 Å². The number of ether oxygens (including phenoxy) is 1. The Morgan fingerprint density at radius 1 is 0.846 bits per heavy atom. The number of benzene rings is 3. The van der Waals surface area contributed by atoms with E-state index in [1.807, 2.05) is 0 Å². The van der Waals surface area contributed by atoms with Crippen molar-refractivity contribution in [1.82, 2.24) is 0 Å². The molecule has 0 heterocycles. The van der Waals surface area contributed by atoms with Crippen molar-refractivity contribution >= 4 is 17.5 Å². The monoisotopic (exact) mass is 350 g/mol. The van der Waals surface area contributed by atoms with E-state index >= 15 is 0 Å².